The fourth-order valence-electron chi connectivity index (χ4n) is 2.11. The molecule has 0 amide bonds. The first kappa shape index (κ1) is 11.1. The summed E-state index contributed by atoms with van der Waals surface area (Å²) < 4.78 is 12.9. The number of anilines is 1. The van der Waals surface area contributed by atoms with Crippen LogP contribution < -0.4 is 4.90 Å². The van der Waals surface area contributed by atoms with Gasteiger partial charge in [0.25, 0.3) is 0 Å². The molecule has 3 nitrogen and oxygen atoms in total. The van der Waals surface area contributed by atoms with Crippen LogP contribution in [0.1, 0.15) is 16.8 Å². The van der Waals surface area contributed by atoms with Gasteiger partial charge in [-0.1, -0.05) is 0 Å². The Kier molecular flexibility index (Phi) is 3.19. The summed E-state index contributed by atoms with van der Waals surface area (Å²) in [5.41, 5.74) is 1.13. The standard InChI is InChI=1S/C12H14FNO2/c13-11-1-2-12(10(5-11)8-16)14-4-3-9(6-14)7-15/h1-2,5,8-9,15H,3-4,6-7H2. The van der Waals surface area contributed by atoms with Crippen molar-refractivity contribution in [3.8, 4) is 0 Å². The molecule has 1 N–H and O–H groups in total. The minimum atomic E-state index is -0.399. The maximum Gasteiger partial charge on any atom is 0.152 e. The average molecular weight is 223 g/mol. The van der Waals surface area contributed by atoms with E-state index in [1.807, 2.05) is 4.90 Å². The Labute approximate surface area is 93.5 Å². The molecule has 1 atom stereocenters. The van der Waals surface area contributed by atoms with E-state index >= 15 is 0 Å². The van der Waals surface area contributed by atoms with Crippen molar-refractivity contribution in [2.75, 3.05) is 24.6 Å². The summed E-state index contributed by atoms with van der Waals surface area (Å²) in [6, 6.07) is 4.22. The molecule has 1 unspecified atom stereocenters. The minimum Gasteiger partial charge on any atom is -0.396 e. The Hall–Kier alpha value is -1.42. The zero-order valence-corrected chi connectivity index (χ0v) is 8.90. The molecule has 1 fully saturated rings. The molecular weight excluding hydrogens is 209 g/mol. The van der Waals surface area contributed by atoms with Crippen molar-refractivity contribution in [1.29, 1.82) is 0 Å². The van der Waals surface area contributed by atoms with Crippen molar-refractivity contribution in [2.24, 2.45) is 5.92 Å². The van der Waals surface area contributed by atoms with Gasteiger partial charge in [0.05, 0.1) is 0 Å². The molecule has 1 aromatic rings. The molecule has 0 spiro atoms. The quantitative estimate of drug-likeness (QED) is 0.789. The fraction of sp³-hybridized carbons (Fsp3) is 0.417. The summed E-state index contributed by atoms with van der Waals surface area (Å²) in [7, 11) is 0. The molecule has 1 aromatic carbocycles. The van der Waals surface area contributed by atoms with Crippen molar-refractivity contribution < 1.29 is 14.3 Å². The second-order valence-corrected chi connectivity index (χ2v) is 4.10. The number of carbonyl (C=O) groups excluding carboxylic acids is 1. The van der Waals surface area contributed by atoms with Gasteiger partial charge in [0.2, 0.25) is 0 Å². The molecule has 0 saturated carbocycles. The molecule has 4 heteroatoms. The number of hydrogen-bond donors (Lipinski definition) is 1. The predicted molar refractivity (Wildman–Crippen MR) is 59.2 cm³/mol. The molecule has 2 rings (SSSR count). The normalized spacial score (nSPS) is 20.1. The number of hydrogen-bond acceptors (Lipinski definition) is 3. The first-order chi connectivity index (χ1) is 7.74. The van der Waals surface area contributed by atoms with Gasteiger partial charge in [-0.3, -0.25) is 4.79 Å². The molecule has 16 heavy (non-hydrogen) atoms. The average Bonchev–Trinajstić information content (AvgIpc) is 2.77. The molecule has 0 bridgehead atoms. The third-order valence-corrected chi connectivity index (χ3v) is 3.00. The van der Waals surface area contributed by atoms with Crippen LogP contribution in [0.4, 0.5) is 10.1 Å². The van der Waals surface area contributed by atoms with Crippen molar-refractivity contribution in [1.82, 2.24) is 0 Å². The second-order valence-electron chi connectivity index (χ2n) is 4.10. The van der Waals surface area contributed by atoms with Crippen molar-refractivity contribution in [3.63, 3.8) is 0 Å². The number of benzene rings is 1. The molecule has 1 heterocycles. The zero-order chi connectivity index (χ0) is 11.5. The summed E-state index contributed by atoms with van der Waals surface area (Å²) >= 11 is 0. The molecule has 1 saturated heterocycles. The van der Waals surface area contributed by atoms with Crippen LogP contribution in [0.15, 0.2) is 18.2 Å². The number of aldehydes is 1. The maximum absolute atomic E-state index is 12.9. The Morgan fingerprint density at radius 3 is 3.00 bits per heavy atom. The molecule has 1 aliphatic rings. The van der Waals surface area contributed by atoms with E-state index in [-0.39, 0.29) is 12.5 Å². The van der Waals surface area contributed by atoms with Crippen LogP contribution in [0, 0.1) is 11.7 Å². The van der Waals surface area contributed by atoms with Crippen LogP contribution >= 0.6 is 0 Å². The summed E-state index contributed by atoms with van der Waals surface area (Å²) in [5.74, 6) is -0.145. The second kappa shape index (κ2) is 4.61. The first-order valence-corrected chi connectivity index (χ1v) is 5.35. The molecular formula is C12H14FNO2. The van der Waals surface area contributed by atoms with Gasteiger partial charge in [-0.25, -0.2) is 4.39 Å². The van der Waals surface area contributed by atoms with Crippen LogP contribution in [-0.2, 0) is 0 Å². The van der Waals surface area contributed by atoms with Crippen molar-refractivity contribution in [2.45, 2.75) is 6.42 Å². The highest BCUT2D eigenvalue weighted by atomic mass is 19.1. The predicted octanol–water partition coefficient (Wildman–Crippen LogP) is 1.46. The molecule has 0 aromatic heterocycles. The Morgan fingerprint density at radius 2 is 2.38 bits per heavy atom. The lowest BCUT2D eigenvalue weighted by Crippen LogP contribution is -2.21. The van der Waals surface area contributed by atoms with E-state index < -0.39 is 5.82 Å². The highest BCUT2D eigenvalue weighted by molar-refractivity contribution is 5.84. The lowest BCUT2D eigenvalue weighted by Gasteiger charge is -2.20. The van der Waals surface area contributed by atoms with Crippen molar-refractivity contribution in [3.05, 3.63) is 29.6 Å². The summed E-state index contributed by atoms with van der Waals surface area (Å²) in [6.45, 7) is 1.69. The molecule has 0 radical (unpaired) electrons. The number of halogens is 1. The third kappa shape index (κ3) is 2.07. The van der Waals surface area contributed by atoms with Crippen LogP contribution in [0.25, 0.3) is 0 Å². The van der Waals surface area contributed by atoms with E-state index in [0.717, 1.165) is 25.2 Å². The third-order valence-electron chi connectivity index (χ3n) is 3.00. The van der Waals surface area contributed by atoms with E-state index in [9.17, 15) is 9.18 Å². The van der Waals surface area contributed by atoms with Gasteiger partial charge in [0.1, 0.15) is 5.82 Å². The fourth-order valence-corrected chi connectivity index (χ4v) is 2.11. The first-order valence-electron chi connectivity index (χ1n) is 5.35. The number of aliphatic hydroxyl groups excluding tert-OH is 1. The highest BCUT2D eigenvalue weighted by Crippen LogP contribution is 2.26. The highest BCUT2D eigenvalue weighted by Gasteiger charge is 2.23. The lowest BCUT2D eigenvalue weighted by molar-refractivity contribution is 0.112. The van der Waals surface area contributed by atoms with E-state index in [1.165, 1.54) is 12.1 Å². The maximum atomic E-state index is 12.9. The summed E-state index contributed by atoms with van der Waals surface area (Å²) in [4.78, 5) is 12.9. The van der Waals surface area contributed by atoms with E-state index in [1.54, 1.807) is 6.07 Å². The van der Waals surface area contributed by atoms with Gasteiger partial charge in [0.15, 0.2) is 6.29 Å². The monoisotopic (exact) mass is 223 g/mol. The molecule has 0 aliphatic carbocycles. The number of aliphatic hydroxyl groups is 1. The van der Waals surface area contributed by atoms with Gasteiger partial charge in [-0.15, -0.1) is 0 Å². The smallest absolute Gasteiger partial charge is 0.152 e. The topological polar surface area (TPSA) is 40.5 Å². The zero-order valence-electron chi connectivity index (χ0n) is 8.90. The van der Waals surface area contributed by atoms with Gasteiger partial charge in [-0.05, 0) is 24.6 Å². The number of carbonyl (C=O) groups is 1. The van der Waals surface area contributed by atoms with E-state index in [0.29, 0.717) is 11.8 Å². The number of rotatable bonds is 3. The van der Waals surface area contributed by atoms with Crippen LogP contribution in [0.5, 0.6) is 0 Å². The van der Waals surface area contributed by atoms with Crippen LogP contribution in [0.3, 0.4) is 0 Å². The lowest BCUT2D eigenvalue weighted by atomic mass is 10.1. The molecule has 1 aliphatic heterocycles. The van der Waals surface area contributed by atoms with Gasteiger partial charge in [0, 0.05) is 36.9 Å². The van der Waals surface area contributed by atoms with E-state index in [2.05, 4.69) is 0 Å². The van der Waals surface area contributed by atoms with Gasteiger partial charge >= 0.3 is 0 Å². The summed E-state index contributed by atoms with van der Waals surface area (Å²) in [5, 5.41) is 9.05. The largest absolute Gasteiger partial charge is 0.396 e. The number of nitrogens with zero attached hydrogens (tertiary/aromatic N) is 1. The van der Waals surface area contributed by atoms with Crippen LogP contribution in [-0.4, -0.2) is 31.1 Å². The Balaban J connectivity index is 2.24. The molecule has 86 valence electrons. The Bertz CT molecular complexity index is 395. The SMILES string of the molecule is O=Cc1cc(F)ccc1N1CCC(CO)C1. The van der Waals surface area contributed by atoms with Crippen molar-refractivity contribution >= 4 is 12.0 Å². The summed E-state index contributed by atoms with van der Waals surface area (Å²) in [6.07, 6.45) is 1.58. The minimum absolute atomic E-state index is 0.161. The van der Waals surface area contributed by atoms with Crippen LogP contribution in [0.2, 0.25) is 0 Å². The van der Waals surface area contributed by atoms with E-state index in [4.69, 9.17) is 5.11 Å². The Morgan fingerprint density at radius 1 is 1.56 bits per heavy atom. The van der Waals surface area contributed by atoms with Gasteiger partial charge in [-0.2, -0.15) is 0 Å². The van der Waals surface area contributed by atoms with Gasteiger partial charge < -0.3 is 10.0 Å².